The number of nitrogens with two attached hydrogens (primary N) is 1. The van der Waals surface area contributed by atoms with Gasteiger partial charge in [0.1, 0.15) is 5.75 Å². The van der Waals surface area contributed by atoms with Crippen LogP contribution in [0.4, 0.5) is 0 Å². The first-order valence-corrected chi connectivity index (χ1v) is 6.80. The average molecular weight is 248 g/mol. The van der Waals surface area contributed by atoms with E-state index in [9.17, 15) is 0 Å². The van der Waals surface area contributed by atoms with E-state index in [0.29, 0.717) is 12.1 Å². The molecule has 0 amide bonds. The van der Waals surface area contributed by atoms with Gasteiger partial charge < -0.3 is 15.4 Å². The summed E-state index contributed by atoms with van der Waals surface area (Å²) < 4.78 is 5.38. The van der Waals surface area contributed by atoms with Crippen molar-refractivity contribution in [2.75, 3.05) is 20.7 Å². The summed E-state index contributed by atoms with van der Waals surface area (Å²) in [6.45, 7) is 1.04. The Balaban J connectivity index is 1.90. The molecule has 100 valence electrons. The second kappa shape index (κ2) is 6.21. The Hall–Kier alpha value is -1.06. The Morgan fingerprint density at radius 3 is 2.78 bits per heavy atom. The first-order chi connectivity index (χ1) is 8.72. The predicted octanol–water partition coefficient (Wildman–Crippen LogP) is 2.05. The van der Waals surface area contributed by atoms with Crippen molar-refractivity contribution in [1.29, 1.82) is 0 Å². The number of hydrogen-bond donors (Lipinski definition) is 1. The molecule has 3 heteroatoms. The van der Waals surface area contributed by atoms with Crippen LogP contribution in [0.15, 0.2) is 24.3 Å². The van der Waals surface area contributed by atoms with E-state index >= 15 is 0 Å². The van der Waals surface area contributed by atoms with Gasteiger partial charge >= 0.3 is 0 Å². The Bertz CT molecular complexity index is 381. The normalized spacial score (nSPS) is 23.6. The maximum Gasteiger partial charge on any atom is 0.122 e. The molecule has 2 atom stereocenters. The van der Waals surface area contributed by atoms with E-state index in [1.54, 1.807) is 7.11 Å². The number of likely N-dealkylation sites (N-methyl/N-ethyl adjacent to an activating group) is 1. The smallest absolute Gasteiger partial charge is 0.122 e. The zero-order valence-corrected chi connectivity index (χ0v) is 11.4. The van der Waals surface area contributed by atoms with Gasteiger partial charge in [0.2, 0.25) is 0 Å². The van der Waals surface area contributed by atoms with Crippen LogP contribution in [-0.2, 0) is 6.42 Å². The summed E-state index contributed by atoms with van der Waals surface area (Å²) in [5.74, 6) is 0.988. The number of methoxy groups -OCH3 is 1. The van der Waals surface area contributed by atoms with Crippen molar-refractivity contribution in [3.63, 3.8) is 0 Å². The minimum absolute atomic E-state index is 0.354. The van der Waals surface area contributed by atoms with Crippen molar-refractivity contribution >= 4 is 0 Å². The molecule has 0 radical (unpaired) electrons. The van der Waals surface area contributed by atoms with Gasteiger partial charge in [-0.25, -0.2) is 0 Å². The van der Waals surface area contributed by atoms with Crippen molar-refractivity contribution in [2.24, 2.45) is 5.73 Å². The van der Waals surface area contributed by atoms with Crippen molar-refractivity contribution < 1.29 is 4.74 Å². The predicted molar refractivity (Wildman–Crippen MR) is 74.9 cm³/mol. The fourth-order valence-corrected chi connectivity index (χ4v) is 2.89. The third kappa shape index (κ3) is 3.03. The van der Waals surface area contributed by atoms with Crippen LogP contribution >= 0.6 is 0 Å². The number of hydrogen-bond acceptors (Lipinski definition) is 3. The molecular formula is C15H24N2O. The number of para-hydroxylation sites is 1. The van der Waals surface area contributed by atoms with Gasteiger partial charge in [0, 0.05) is 18.6 Å². The highest BCUT2D eigenvalue weighted by atomic mass is 16.5. The summed E-state index contributed by atoms with van der Waals surface area (Å²) in [5, 5.41) is 0. The molecule has 0 aromatic heterocycles. The molecule has 2 N–H and O–H groups in total. The van der Waals surface area contributed by atoms with Crippen LogP contribution in [0.3, 0.4) is 0 Å². The van der Waals surface area contributed by atoms with Gasteiger partial charge in [0.05, 0.1) is 7.11 Å². The molecule has 1 aromatic rings. The van der Waals surface area contributed by atoms with E-state index in [2.05, 4.69) is 24.1 Å². The molecule has 18 heavy (non-hydrogen) atoms. The highest BCUT2D eigenvalue weighted by molar-refractivity contribution is 5.33. The highest BCUT2D eigenvalue weighted by Crippen LogP contribution is 2.23. The van der Waals surface area contributed by atoms with Crippen LogP contribution in [0, 0.1) is 0 Å². The molecule has 2 unspecified atom stereocenters. The minimum atomic E-state index is 0.354. The molecule has 3 nitrogen and oxygen atoms in total. The van der Waals surface area contributed by atoms with Crippen molar-refractivity contribution in [1.82, 2.24) is 4.90 Å². The molecule has 1 aliphatic carbocycles. The lowest BCUT2D eigenvalue weighted by Crippen LogP contribution is -2.43. The van der Waals surface area contributed by atoms with E-state index in [1.807, 2.05) is 12.1 Å². The van der Waals surface area contributed by atoms with Crippen molar-refractivity contribution in [3.05, 3.63) is 29.8 Å². The molecule has 0 saturated heterocycles. The van der Waals surface area contributed by atoms with Crippen LogP contribution < -0.4 is 10.5 Å². The Morgan fingerprint density at radius 1 is 1.33 bits per heavy atom. The largest absolute Gasteiger partial charge is 0.496 e. The number of benzene rings is 1. The van der Waals surface area contributed by atoms with Crippen molar-refractivity contribution in [3.8, 4) is 5.75 Å². The van der Waals surface area contributed by atoms with Crippen molar-refractivity contribution in [2.45, 2.75) is 37.8 Å². The summed E-state index contributed by atoms with van der Waals surface area (Å²) >= 11 is 0. The molecule has 2 rings (SSSR count). The van der Waals surface area contributed by atoms with Crippen LogP contribution in [0.25, 0.3) is 0 Å². The summed E-state index contributed by atoms with van der Waals surface area (Å²) in [4.78, 5) is 2.41. The molecule has 0 aliphatic heterocycles. The Morgan fingerprint density at radius 2 is 2.11 bits per heavy atom. The maximum atomic E-state index is 6.14. The Labute approximate surface area is 110 Å². The maximum absolute atomic E-state index is 6.14. The fourth-order valence-electron chi connectivity index (χ4n) is 2.89. The van der Waals surface area contributed by atoms with Gasteiger partial charge in [0.15, 0.2) is 0 Å². The van der Waals surface area contributed by atoms with E-state index in [1.165, 1.54) is 24.8 Å². The van der Waals surface area contributed by atoms with Crippen LogP contribution in [0.1, 0.15) is 24.8 Å². The molecule has 1 aliphatic rings. The third-order valence-corrected chi connectivity index (χ3v) is 4.02. The summed E-state index contributed by atoms with van der Waals surface area (Å²) in [5.41, 5.74) is 7.41. The lowest BCUT2D eigenvalue weighted by atomic mass is 10.1. The zero-order chi connectivity index (χ0) is 13.0. The SMILES string of the molecule is COc1ccccc1CCN(C)C1CCCC1N. The molecule has 0 spiro atoms. The molecule has 0 heterocycles. The standard InChI is InChI=1S/C15H24N2O/c1-17(14-8-5-7-13(14)16)11-10-12-6-3-4-9-15(12)18-2/h3-4,6,9,13-14H,5,7-8,10-11,16H2,1-2H3. The van der Waals surface area contributed by atoms with Crippen LogP contribution in [0.2, 0.25) is 0 Å². The zero-order valence-electron chi connectivity index (χ0n) is 11.4. The van der Waals surface area contributed by atoms with Gasteiger partial charge in [-0.1, -0.05) is 24.6 Å². The van der Waals surface area contributed by atoms with Gasteiger partial charge in [-0.3, -0.25) is 0 Å². The monoisotopic (exact) mass is 248 g/mol. The van der Waals surface area contributed by atoms with E-state index < -0.39 is 0 Å². The second-order valence-electron chi connectivity index (χ2n) is 5.20. The molecule has 1 saturated carbocycles. The fraction of sp³-hybridized carbons (Fsp3) is 0.600. The minimum Gasteiger partial charge on any atom is -0.496 e. The van der Waals surface area contributed by atoms with E-state index in [0.717, 1.165) is 18.7 Å². The summed E-state index contributed by atoms with van der Waals surface area (Å²) in [6, 6.07) is 9.16. The topological polar surface area (TPSA) is 38.5 Å². The Kier molecular flexibility index (Phi) is 4.61. The lowest BCUT2D eigenvalue weighted by Gasteiger charge is -2.27. The summed E-state index contributed by atoms with van der Waals surface area (Å²) in [7, 11) is 3.92. The third-order valence-electron chi connectivity index (χ3n) is 4.02. The molecule has 0 bridgehead atoms. The van der Waals surface area contributed by atoms with Gasteiger partial charge in [-0.15, -0.1) is 0 Å². The van der Waals surface area contributed by atoms with Gasteiger partial charge in [-0.05, 0) is 37.9 Å². The highest BCUT2D eigenvalue weighted by Gasteiger charge is 2.27. The first kappa shape index (κ1) is 13.4. The molecular weight excluding hydrogens is 224 g/mol. The van der Waals surface area contributed by atoms with Crippen LogP contribution in [-0.4, -0.2) is 37.7 Å². The average Bonchev–Trinajstić information content (AvgIpc) is 2.82. The quantitative estimate of drug-likeness (QED) is 0.866. The first-order valence-electron chi connectivity index (χ1n) is 6.80. The van der Waals surface area contributed by atoms with Crippen LogP contribution in [0.5, 0.6) is 5.75 Å². The van der Waals surface area contributed by atoms with E-state index in [4.69, 9.17) is 10.5 Å². The number of ether oxygens (including phenoxy) is 1. The van der Waals surface area contributed by atoms with Gasteiger partial charge in [0.25, 0.3) is 0 Å². The van der Waals surface area contributed by atoms with E-state index in [-0.39, 0.29) is 0 Å². The summed E-state index contributed by atoms with van der Waals surface area (Å²) in [6.07, 6.45) is 4.70. The number of nitrogens with zero attached hydrogens (tertiary/aromatic N) is 1. The molecule has 1 aromatic carbocycles. The second-order valence-corrected chi connectivity index (χ2v) is 5.20. The lowest BCUT2D eigenvalue weighted by molar-refractivity contribution is 0.230. The van der Waals surface area contributed by atoms with Gasteiger partial charge in [-0.2, -0.15) is 0 Å². The molecule has 1 fully saturated rings. The number of rotatable bonds is 5.